The topological polar surface area (TPSA) is 84.3 Å². The number of nitro benzene ring substituents is 1. The average molecular weight is 379 g/mol. The minimum atomic E-state index is -0.923. The highest BCUT2D eigenvalue weighted by Crippen LogP contribution is 2.23. The maximum atomic E-state index is 13.4. The third kappa shape index (κ3) is 4.70. The Hall–Kier alpha value is -3.74. The number of nitrogens with one attached hydrogen (secondary N) is 2. The quantitative estimate of drug-likeness (QED) is 0.479. The van der Waals surface area contributed by atoms with Crippen molar-refractivity contribution in [2.24, 2.45) is 0 Å². The summed E-state index contributed by atoms with van der Waals surface area (Å²) >= 11 is 0. The molecule has 0 unspecified atom stereocenters. The number of nitro groups is 1. The maximum absolute atomic E-state index is 13.4. The second kappa shape index (κ2) is 8.77. The van der Waals surface area contributed by atoms with Crippen LogP contribution in [0.15, 0.2) is 78.9 Å². The van der Waals surface area contributed by atoms with Crippen molar-refractivity contribution in [1.82, 2.24) is 5.32 Å². The SMILES string of the molecule is O=C(CNc1ccc(F)c([N+](=O)[O-])c1)NC(c1ccccc1)c1ccccc1. The van der Waals surface area contributed by atoms with Gasteiger partial charge in [-0.3, -0.25) is 14.9 Å². The molecular formula is C21H18FN3O3. The van der Waals surface area contributed by atoms with Crippen LogP contribution in [0.5, 0.6) is 0 Å². The Bertz CT molecular complexity index is 926. The summed E-state index contributed by atoms with van der Waals surface area (Å²) in [6, 6.07) is 22.2. The Balaban J connectivity index is 1.71. The molecule has 0 bridgehead atoms. The molecule has 0 atom stereocenters. The molecule has 0 fully saturated rings. The van der Waals surface area contributed by atoms with Gasteiger partial charge < -0.3 is 10.6 Å². The molecule has 3 aromatic carbocycles. The van der Waals surface area contributed by atoms with Crippen LogP contribution in [-0.4, -0.2) is 17.4 Å². The lowest BCUT2D eigenvalue weighted by atomic mass is 9.99. The van der Waals surface area contributed by atoms with E-state index in [0.717, 1.165) is 23.3 Å². The van der Waals surface area contributed by atoms with Gasteiger partial charge in [-0.25, -0.2) is 0 Å². The second-order valence-corrected chi connectivity index (χ2v) is 6.10. The number of carbonyl (C=O) groups is 1. The fourth-order valence-corrected chi connectivity index (χ4v) is 2.81. The van der Waals surface area contributed by atoms with Crippen LogP contribution in [0.1, 0.15) is 17.2 Å². The van der Waals surface area contributed by atoms with Crippen molar-refractivity contribution in [3.8, 4) is 0 Å². The van der Waals surface area contributed by atoms with Gasteiger partial charge in [-0.1, -0.05) is 60.7 Å². The van der Waals surface area contributed by atoms with Crippen LogP contribution in [0.3, 0.4) is 0 Å². The zero-order valence-electron chi connectivity index (χ0n) is 14.8. The number of carbonyl (C=O) groups excluding carboxylic acids is 1. The van der Waals surface area contributed by atoms with Crippen molar-refractivity contribution in [1.29, 1.82) is 0 Å². The fourth-order valence-electron chi connectivity index (χ4n) is 2.81. The third-order valence-electron chi connectivity index (χ3n) is 4.17. The zero-order valence-corrected chi connectivity index (χ0v) is 14.8. The normalized spacial score (nSPS) is 10.5. The van der Waals surface area contributed by atoms with Crippen LogP contribution < -0.4 is 10.6 Å². The molecule has 3 rings (SSSR count). The molecule has 142 valence electrons. The molecule has 6 nitrogen and oxygen atoms in total. The van der Waals surface area contributed by atoms with E-state index in [1.54, 1.807) is 0 Å². The molecule has 0 aliphatic rings. The molecule has 0 heterocycles. The van der Waals surface area contributed by atoms with Crippen LogP contribution in [0.4, 0.5) is 15.8 Å². The molecule has 3 aromatic rings. The van der Waals surface area contributed by atoms with Gasteiger partial charge in [-0.15, -0.1) is 0 Å². The highest BCUT2D eigenvalue weighted by atomic mass is 19.1. The zero-order chi connectivity index (χ0) is 19.9. The van der Waals surface area contributed by atoms with Crippen molar-refractivity contribution >= 4 is 17.3 Å². The predicted octanol–water partition coefficient (Wildman–Crippen LogP) is 4.05. The lowest BCUT2D eigenvalue weighted by molar-refractivity contribution is -0.387. The summed E-state index contributed by atoms with van der Waals surface area (Å²) in [6.07, 6.45) is 0. The van der Waals surface area contributed by atoms with E-state index in [-0.39, 0.29) is 18.5 Å². The van der Waals surface area contributed by atoms with Gasteiger partial charge in [-0.05, 0) is 23.3 Å². The van der Waals surface area contributed by atoms with E-state index in [1.165, 1.54) is 6.07 Å². The molecule has 0 saturated heterocycles. The van der Waals surface area contributed by atoms with E-state index < -0.39 is 16.4 Å². The first-order chi connectivity index (χ1) is 13.5. The summed E-state index contributed by atoms with van der Waals surface area (Å²) in [6.45, 7) is -0.112. The lowest BCUT2D eigenvalue weighted by Crippen LogP contribution is -2.33. The fraction of sp³-hybridized carbons (Fsp3) is 0.0952. The van der Waals surface area contributed by atoms with Gasteiger partial charge in [-0.2, -0.15) is 4.39 Å². The van der Waals surface area contributed by atoms with Gasteiger partial charge in [0.15, 0.2) is 0 Å². The monoisotopic (exact) mass is 379 g/mol. The molecule has 1 amide bonds. The predicted molar refractivity (Wildman–Crippen MR) is 104 cm³/mol. The van der Waals surface area contributed by atoms with Crippen LogP contribution in [0.2, 0.25) is 0 Å². The van der Waals surface area contributed by atoms with E-state index in [2.05, 4.69) is 10.6 Å². The van der Waals surface area contributed by atoms with Crippen LogP contribution >= 0.6 is 0 Å². The number of hydrogen-bond donors (Lipinski definition) is 2. The van der Waals surface area contributed by atoms with E-state index in [9.17, 15) is 19.3 Å². The number of nitrogens with zero attached hydrogens (tertiary/aromatic N) is 1. The number of anilines is 1. The highest BCUT2D eigenvalue weighted by molar-refractivity contribution is 5.81. The summed E-state index contributed by atoms with van der Waals surface area (Å²) < 4.78 is 13.4. The summed E-state index contributed by atoms with van der Waals surface area (Å²) in [4.78, 5) is 22.5. The van der Waals surface area contributed by atoms with Gasteiger partial charge >= 0.3 is 5.69 Å². The van der Waals surface area contributed by atoms with Crippen LogP contribution in [0.25, 0.3) is 0 Å². The van der Waals surface area contributed by atoms with Crippen LogP contribution in [0, 0.1) is 15.9 Å². The van der Waals surface area contributed by atoms with E-state index in [1.807, 2.05) is 60.7 Å². The van der Waals surface area contributed by atoms with Crippen molar-refractivity contribution in [3.63, 3.8) is 0 Å². The van der Waals surface area contributed by atoms with Crippen molar-refractivity contribution in [2.75, 3.05) is 11.9 Å². The Labute approximate surface area is 161 Å². The average Bonchev–Trinajstić information content (AvgIpc) is 2.72. The van der Waals surface area contributed by atoms with Crippen molar-refractivity contribution < 1.29 is 14.1 Å². The molecule has 0 aliphatic carbocycles. The summed E-state index contributed by atoms with van der Waals surface area (Å²) in [5.41, 5.74) is 1.51. The number of benzene rings is 3. The third-order valence-corrected chi connectivity index (χ3v) is 4.17. The molecule has 0 radical (unpaired) electrons. The number of hydrogen-bond acceptors (Lipinski definition) is 4. The number of rotatable bonds is 7. The molecule has 0 aliphatic heterocycles. The molecule has 28 heavy (non-hydrogen) atoms. The minimum absolute atomic E-state index is 0.112. The van der Waals surface area contributed by atoms with Gasteiger partial charge in [0.1, 0.15) is 0 Å². The number of amides is 1. The summed E-state index contributed by atoms with van der Waals surface area (Å²) in [7, 11) is 0. The standard InChI is InChI=1S/C21H18FN3O3/c22-18-12-11-17(13-19(18)25(27)28)23-14-20(26)24-21(15-7-3-1-4-8-15)16-9-5-2-6-10-16/h1-13,21,23H,14H2,(H,24,26). The highest BCUT2D eigenvalue weighted by Gasteiger charge is 2.17. The van der Waals surface area contributed by atoms with E-state index in [4.69, 9.17) is 0 Å². The molecule has 0 saturated carbocycles. The van der Waals surface area contributed by atoms with Gasteiger partial charge in [0.25, 0.3) is 0 Å². The first-order valence-electron chi connectivity index (χ1n) is 8.61. The van der Waals surface area contributed by atoms with E-state index in [0.29, 0.717) is 5.69 Å². The molecule has 0 aromatic heterocycles. The van der Waals surface area contributed by atoms with Gasteiger partial charge in [0.05, 0.1) is 17.5 Å². The first kappa shape index (κ1) is 19.0. The van der Waals surface area contributed by atoms with Gasteiger partial charge in [0.2, 0.25) is 11.7 Å². The summed E-state index contributed by atoms with van der Waals surface area (Å²) in [5.74, 6) is -1.22. The van der Waals surface area contributed by atoms with Gasteiger partial charge in [0, 0.05) is 11.8 Å². The molecule has 0 spiro atoms. The Morgan fingerprint density at radius 3 is 2.07 bits per heavy atom. The molecular weight excluding hydrogens is 361 g/mol. The van der Waals surface area contributed by atoms with Crippen molar-refractivity contribution in [2.45, 2.75) is 6.04 Å². The Morgan fingerprint density at radius 1 is 0.964 bits per heavy atom. The number of halogens is 1. The first-order valence-corrected chi connectivity index (χ1v) is 8.61. The smallest absolute Gasteiger partial charge is 0.306 e. The molecule has 2 N–H and O–H groups in total. The van der Waals surface area contributed by atoms with Crippen molar-refractivity contribution in [3.05, 3.63) is 106 Å². The minimum Gasteiger partial charge on any atom is -0.376 e. The van der Waals surface area contributed by atoms with Crippen LogP contribution in [-0.2, 0) is 4.79 Å². The van der Waals surface area contributed by atoms with E-state index >= 15 is 0 Å². The largest absolute Gasteiger partial charge is 0.376 e. The maximum Gasteiger partial charge on any atom is 0.306 e. The second-order valence-electron chi connectivity index (χ2n) is 6.10. The molecule has 7 heteroatoms. The summed E-state index contributed by atoms with van der Waals surface area (Å²) in [5, 5.41) is 16.6. The Morgan fingerprint density at radius 2 is 1.54 bits per heavy atom. The Kier molecular flexibility index (Phi) is 5.96. The lowest BCUT2D eigenvalue weighted by Gasteiger charge is -2.20.